The molecule has 22 heavy (non-hydrogen) atoms. The van der Waals surface area contributed by atoms with Crippen LogP contribution in [0.5, 0.6) is 0 Å². The summed E-state index contributed by atoms with van der Waals surface area (Å²) < 4.78 is 0. The maximum atomic E-state index is 12.5. The Labute approximate surface area is 129 Å². The zero-order valence-corrected chi connectivity index (χ0v) is 12.7. The van der Waals surface area contributed by atoms with Gasteiger partial charge < -0.3 is 10.2 Å². The summed E-state index contributed by atoms with van der Waals surface area (Å²) in [7, 11) is 0. The molecule has 2 aromatic heterocycles. The standard InChI is InChI=1S/C16H21N5O/c1-12-5-6-13(8-17-12)9-18-16(22)21-7-3-2-4-15(21)14-10-19-20-11-14/h5-6,8,10-11,15H,2-4,7,9H2,1H3,(H,18,22)(H,19,20). The van der Waals surface area contributed by atoms with Gasteiger partial charge in [-0.3, -0.25) is 10.1 Å². The predicted octanol–water partition coefficient (Wildman–Crippen LogP) is 2.55. The first-order valence-electron chi connectivity index (χ1n) is 7.69. The molecule has 2 aromatic rings. The Hall–Kier alpha value is -2.37. The number of pyridine rings is 1. The molecule has 3 heterocycles. The minimum Gasteiger partial charge on any atom is -0.334 e. The summed E-state index contributed by atoms with van der Waals surface area (Å²) in [6.07, 6.45) is 8.66. The molecule has 0 saturated carbocycles. The molecule has 1 unspecified atom stereocenters. The second kappa shape index (κ2) is 6.60. The Balaban J connectivity index is 1.63. The van der Waals surface area contributed by atoms with Gasteiger partial charge in [-0.05, 0) is 37.8 Å². The number of carbonyl (C=O) groups is 1. The molecule has 1 atom stereocenters. The van der Waals surface area contributed by atoms with Gasteiger partial charge >= 0.3 is 6.03 Å². The van der Waals surface area contributed by atoms with E-state index in [2.05, 4.69) is 20.5 Å². The lowest BCUT2D eigenvalue weighted by Gasteiger charge is -2.35. The highest BCUT2D eigenvalue weighted by Gasteiger charge is 2.28. The van der Waals surface area contributed by atoms with Crippen LogP contribution < -0.4 is 5.32 Å². The number of hydrogen-bond acceptors (Lipinski definition) is 3. The summed E-state index contributed by atoms with van der Waals surface area (Å²) >= 11 is 0. The molecule has 0 spiro atoms. The first kappa shape index (κ1) is 14.6. The summed E-state index contributed by atoms with van der Waals surface area (Å²) in [6, 6.07) is 4.04. The van der Waals surface area contributed by atoms with Crippen LogP contribution in [0.2, 0.25) is 0 Å². The van der Waals surface area contributed by atoms with Gasteiger partial charge in [0.1, 0.15) is 0 Å². The third-order valence-corrected chi connectivity index (χ3v) is 4.08. The van der Waals surface area contributed by atoms with Crippen molar-refractivity contribution in [3.05, 3.63) is 47.5 Å². The predicted molar refractivity (Wildman–Crippen MR) is 83.1 cm³/mol. The average molecular weight is 299 g/mol. The maximum absolute atomic E-state index is 12.5. The van der Waals surface area contributed by atoms with Gasteiger partial charge in [-0.1, -0.05) is 6.07 Å². The summed E-state index contributed by atoms with van der Waals surface area (Å²) in [4.78, 5) is 18.7. The number of H-pyrrole nitrogens is 1. The van der Waals surface area contributed by atoms with Crippen molar-refractivity contribution in [1.82, 2.24) is 25.4 Å². The van der Waals surface area contributed by atoms with E-state index in [-0.39, 0.29) is 12.1 Å². The molecule has 116 valence electrons. The van der Waals surface area contributed by atoms with Crippen LogP contribution in [-0.2, 0) is 6.54 Å². The van der Waals surface area contributed by atoms with E-state index >= 15 is 0 Å². The van der Waals surface area contributed by atoms with Gasteiger partial charge in [0.05, 0.1) is 12.2 Å². The van der Waals surface area contributed by atoms with E-state index in [1.54, 1.807) is 12.4 Å². The molecule has 1 aliphatic heterocycles. The number of urea groups is 1. The minimum absolute atomic E-state index is 0.0218. The van der Waals surface area contributed by atoms with Crippen LogP contribution in [0, 0.1) is 6.92 Å². The molecule has 3 rings (SSSR count). The molecule has 1 fully saturated rings. The molecule has 1 saturated heterocycles. The monoisotopic (exact) mass is 299 g/mol. The molecule has 1 aliphatic rings. The summed E-state index contributed by atoms with van der Waals surface area (Å²) in [5.41, 5.74) is 3.06. The molecule has 6 heteroatoms. The second-order valence-corrected chi connectivity index (χ2v) is 5.70. The van der Waals surface area contributed by atoms with Crippen LogP contribution in [-0.4, -0.2) is 32.7 Å². The highest BCUT2D eigenvalue weighted by Crippen LogP contribution is 2.30. The topological polar surface area (TPSA) is 73.9 Å². The fourth-order valence-corrected chi connectivity index (χ4v) is 2.85. The highest BCUT2D eigenvalue weighted by molar-refractivity contribution is 5.74. The van der Waals surface area contributed by atoms with Crippen LogP contribution in [0.25, 0.3) is 0 Å². The number of aryl methyl sites for hydroxylation is 1. The molecule has 0 aliphatic carbocycles. The van der Waals surface area contributed by atoms with E-state index in [1.807, 2.05) is 30.2 Å². The van der Waals surface area contributed by atoms with Crippen molar-refractivity contribution in [2.75, 3.05) is 6.54 Å². The number of nitrogens with one attached hydrogen (secondary N) is 2. The number of hydrogen-bond donors (Lipinski definition) is 2. The molecule has 0 bridgehead atoms. The Morgan fingerprint density at radius 3 is 3.05 bits per heavy atom. The van der Waals surface area contributed by atoms with Crippen molar-refractivity contribution in [3.8, 4) is 0 Å². The second-order valence-electron chi connectivity index (χ2n) is 5.70. The molecule has 2 amide bonds. The van der Waals surface area contributed by atoms with Crippen LogP contribution >= 0.6 is 0 Å². The Kier molecular flexibility index (Phi) is 4.37. The first-order valence-corrected chi connectivity index (χ1v) is 7.69. The molecule has 0 radical (unpaired) electrons. The van der Waals surface area contributed by atoms with Gasteiger partial charge in [-0.25, -0.2) is 4.79 Å². The lowest BCUT2D eigenvalue weighted by molar-refractivity contribution is 0.151. The fourth-order valence-electron chi connectivity index (χ4n) is 2.85. The van der Waals surface area contributed by atoms with Crippen molar-refractivity contribution in [3.63, 3.8) is 0 Å². The highest BCUT2D eigenvalue weighted by atomic mass is 16.2. The van der Waals surface area contributed by atoms with Gasteiger partial charge in [-0.2, -0.15) is 5.10 Å². The number of nitrogens with zero attached hydrogens (tertiary/aromatic N) is 3. The van der Waals surface area contributed by atoms with Crippen molar-refractivity contribution < 1.29 is 4.79 Å². The Morgan fingerprint density at radius 1 is 1.41 bits per heavy atom. The number of aromatic amines is 1. The van der Waals surface area contributed by atoms with E-state index in [4.69, 9.17) is 0 Å². The number of likely N-dealkylation sites (tertiary alicyclic amines) is 1. The first-order chi connectivity index (χ1) is 10.7. The third-order valence-electron chi connectivity index (χ3n) is 4.08. The van der Waals surface area contributed by atoms with E-state index in [1.165, 1.54) is 0 Å². The summed E-state index contributed by atoms with van der Waals surface area (Å²) in [6.45, 7) is 3.24. The quantitative estimate of drug-likeness (QED) is 0.914. The number of carbonyl (C=O) groups excluding carboxylic acids is 1. The van der Waals surface area contributed by atoms with Crippen LogP contribution in [0.4, 0.5) is 4.79 Å². The fraction of sp³-hybridized carbons (Fsp3) is 0.438. The van der Waals surface area contributed by atoms with Crippen molar-refractivity contribution in [2.24, 2.45) is 0 Å². The Bertz CT molecular complexity index is 608. The van der Waals surface area contributed by atoms with E-state index in [0.29, 0.717) is 6.54 Å². The summed E-state index contributed by atoms with van der Waals surface area (Å²) in [5, 5.41) is 9.83. The molecular weight excluding hydrogens is 278 g/mol. The SMILES string of the molecule is Cc1ccc(CNC(=O)N2CCCCC2c2cn[nH]c2)cn1. The largest absolute Gasteiger partial charge is 0.334 e. The Morgan fingerprint density at radius 2 is 2.32 bits per heavy atom. The van der Waals surface area contributed by atoms with E-state index in [9.17, 15) is 4.79 Å². The molecule has 0 aromatic carbocycles. The van der Waals surface area contributed by atoms with Crippen molar-refractivity contribution >= 4 is 6.03 Å². The maximum Gasteiger partial charge on any atom is 0.318 e. The lowest BCUT2D eigenvalue weighted by Crippen LogP contribution is -2.44. The van der Waals surface area contributed by atoms with Gasteiger partial charge in [0.2, 0.25) is 0 Å². The van der Waals surface area contributed by atoms with Gasteiger partial charge in [0, 0.05) is 36.7 Å². The van der Waals surface area contributed by atoms with Gasteiger partial charge in [-0.15, -0.1) is 0 Å². The zero-order chi connectivity index (χ0) is 15.4. The van der Waals surface area contributed by atoms with Crippen molar-refractivity contribution in [2.45, 2.75) is 38.8 Å². The number of piperidine rings is 1. The number of amides is 2. The zero-order valence-electron chi connectivity index (χ0n) is 12.7. The molecular formula is C16H21N5O. The average Bonchev–Trinajstić information content (AvgIpc) is 3.08. The smallest absolute Gasteiger partial charge is 0.318 e. The van der Waals surface area contributed by atoms with Crippen LogP contribution in [0.3, 0.4) is 0 Å². The lowest BCUT2D eigenvalue weighted by atomic mass is 9.98. The third kappa shape index (κ3) is 3.27. The minimum atomic E-state index is -0.0218. The summed E-state index contributed by atoms with van der Waals surface area (Å²) in [5.74, 6) is 0. The molecule has 2 N–H and O–H groups in total. The number of aromatic nitrogens is 3. The van der Waals surface area contributed by atoms with Crippen LogP contribution in [0.1, 0.15) is 42.1 Å². The van der Waals surface area contributed by atoms with E-state index in [0.717, 1.165) is 42.6 Å². The van der Waals surface area contributed by atoms with Gasteiger partial charge in [0.25, 0.3) is 0 Å². The van der Waals surface area contributed by atoms with Gasteiger partial charge in [0.15, 0.2) is 0 Å². The molecule has 6 nitrogen and oxygen atoms in total. The normalized spacial score (nSPS) is 18.2. The van der Waals surface area contributed by atoms with Crippen molar-refractivity contribution in [1.29, 1.82) is 0 Å². The van der Waals surface area contributed by atoms with Crippen LogP contribution in [0.15, 0.2) is 30.7 Å². The number of rotatable bonds is 3. The van der Waals surface area contributed by atoms with E-state index < -0.39 is 0 Å².